The van der Waals surface area contributed by atoms with Crippen molar-refractivity contribution in [2.45, 2.75) is 12.3 Å². The minimum atomic E-state index is -0.0689. The van der Waals surface area contributed by atoms with E-state index in [1.165, 1.54) is 12.7 Å². The number of hydrogen-bond acceptors (Lipinski definition) is 4. The molecule has 1 aliphatic carbocycles. The molecular weight excluding hydrogens is 419 g/mol. The highest BCUT2D eigenvalue weighted by molar-refractivity contribution is 14.1. The van der Waals surface area contributed by atoms with Gasteiger partial charge in [0.25, 0.3) is 0 Å². The Kier molecular flexibility index (Phi) is 5.03. The Hall–Kier alpha value is -2.09. The zero-order chi connectivity index (χ0) is 17.1. The van der Waals surface area contributed by atoms with Gasteiger partial charge in [-0.15, -0.1) is 0 Å². The molecule has 0 bridgehead atoms. The second-order valence-corrected chi connectivity index (χ2v) is 6.81. The second-order valence-electron chi connectivity index (χ2n) is 5.65. The highest BCUT2D eigenvalue weighted by Gasteiger charge is 2.43. The smallest absolute Gasteiger partial charge is 0.243 e. The summed E-state index contributed by atoms with van der Waals surface area (Å²) in [6.07, 6.45) is 2.40. The van der Waals surface area contributed by atoms with Crippen LogP contribution < -0.4 is 10.2 Å². The largest absolute Gasteiger partial charge is 0.504 e. The molecule has 2 aromatic rings. The molecule has 2 unspecified atom stereocenters. The van der Waals surface area contributed by atoms with Gasteiger partial charge < -0.3 is 9.84 Å². The van der Waals surface area contributed by atoms with Gasteiger partial charge in [-0.25, -0.2) is 5.43 Å². The molecule has 0 aliphatic heterocycles. The van der Waals surface area contributed by atoms with Crippen LogP contribution in [0.4, 0.5) is 0 Å². The van der Waals surface area contributed by atoms with Crippen molar-refractivity contribution < 1.29 is 14.6 Å². The fraction of sp³-hybridized carbons (Fsp3) is 0.222. The first-order valence-corrected chi connectivity index (χ1v) is 8.62. The molecule has 1 fully saturated rings. The number of carbonyl (C=O) groups excluding carboxylic acids is 1. The molecule has 1 saturated carbocycles. The molecule has 24 heavy (non-hydrogen) atoms. The van der Waals surface area contributed by atoms with Crippen LogP contribution in [-0.2, 0) is 4.79 Å². The molecular formula is C18H17IN2O3. The van der Waals surface area contributed by atoms with Crippen molar-refractivity contribution in [2.75, 3.05) is 7.11 Å². The summed E-state index contributed by atoms with van der Waals surface area (Å²) in [5.74, 6) is 0.680. The van der Waals surface area contributed by atoms with Crippen LogP contribution in [0.5, 0.6) is 11.5 Å². The Balaban J connectivity index is 1.59. The van der Waals surface area contributed by atoms with Gasteiger partial charge in [-0.3, -0.25) is 4.79 Å². The number of methoxy groups -OCH3 is 1. The molecule has 124 valence electrons. The van der Waals surface area contributed by atoms with Crippen molar-refractivity contribution in [3.05, 3.63) is 57.2 Å². The lowest BCUT2D eigenvalue weighted by molar-refractivity contribution is -0.122. The predicted molar refractivity (Wildman–Crippen MR) is 100 cm³/mol. The maximum absolute atomic E-state index is 12.1. The van der Waals surface area contributed by atoms with Crippen LogP contribution in [-0.4, -0.2) is 24.3 Å². The zero-order valence-corrected chi connectivity index (χ0v) is 15.2. The first-order valence-electron chi connectivity index (χ1n) is 7.54. The number of nitrogens with zero attached hydrogens (tertiary/aromatic N) is 1. The van der Waals surface area contributed by atoms with Crippen LogP contribution >= 0.6 is 22.6 Å². The number of ether oxygens (including phenoxy) is 1. The first kappa shape index (κ1) is 16.8. The van der Waals surface area contributed by atoms with Gasteiger partial charge in [0.2, 0.25) is 5.91 Å². The molecule has 0 heterocycles. The van der Waals surface area contributed by atoms with Crippen molar-refractivity contribution in [3.8, 4) is 11.5 Å². The highest BCUT2D eigenvalue weighted by atomic mass is 127. The molecule has 2 N–H and O–H groups in total. The van der Waals surface area contributed by atoms with E-state index in [0.717, 1.165) is 12.0 Å². The molecule has 0 aromatic heterocycles. The summed E-state index contributed by atoms with van der Waals surface area (Å²) in [5.41, 5.74) is 4.52. The fourth-order valence-corrected chi connectivity index (χ4v) is 3.26. The van der Waals surface area contributed by atoms with E-state index < -0.39 is 0 Å². The van der Waals surface area contributed by atoms with Crippen molar-refractivity contribution in [1.29, 1.82) is 0 Å². The monoisotopic (exact) mass is 436 g/mol. The summed E-state index contributed by atoms with van der Waals surface area (Å²) >= 11 is 2.01. The maximum atomic E-state index is 12.1. The molecule has 2 aromatic carbocycles. The molecule has 0 spiro atoms. The lowest BCUT2D eigenvalue weighted by atomic mass is 10.1. The number of halogens is 1. The number of phenolic OH excluding ortho intramolecular Hbond substituents is 1. The number of carbonyl (C=O) groups is 1. The minimum Gasteiger partial charge on any atom is -0.504 e. The predicted octanol–water partition coefficient (Wildman–Crippen LogP) is 3.26. The quantitative estimate of drug-likeness (QED) is 0.430. The van der Waals surface area contributed by atoms with Crippen LogP contribution in [0.2, 0.25) is 0 Å². The summed E-state index contributed by atoms with van der Waals surface area (Å²) < 4.78 is 5.76. The van der Waals surface area contributed by atoms with Gasteiger partial charge >= 0.3 is 0 Å². The Labute approximate surface area is 153 Å². The van der Waals surface area contributed by atoms with E-state index in [9.17, 15) is 9.90 Å². The zero-order valence-electron chi connectivity index (χ0n) is 13.1. The van der Waals surface area contributed by atoms with Crippen LogP contribution in [0, 0.1) is 9.49 Å². The summed E-state index contributed by atoms with van der Waals surface area (Å²) in [7, 11) is 1.49. The standard InChI is InChI=1S/C18H17IN2O3/c1-24-16-8-11(7-15(19)17(16)22)10-20-21-18(23)14-9-13(14)12-5-3-2-4-6-12/h2-8,10,13-14,22H,9H2,1H3,(H,21,23). The summed E-state index contributed by atoms with van der Waals surface area (Å²) in [6, 6.07) is 13.5. The van der Waals surface area contributed by atoms with Gasteiger partial charge in [0.15, 0.2) is 11.5 Å². The summed E-state index contributed by atoms with van der Waals surface area (Å²) in [6.45, 7) is 0. The number of hydrogen-bond donors (Lipinski definition) is 2. The number of amides is 1. The third-order valence-electron chi connectivity index (χ3n) is 4.01. The number of hydrazone groups is 1. The second kappa shape index (κ2) is 7.21. The van der Waals surface area contributed by atoms with Gasteiger partial charge in [-0.2, -0.15) is 5.10 Å². The maximum Gasteiger partial charge on any atom is 0.243 e. The Morgan fingerprint density at radius 2 is 2.12 bits per heavy atom. The fourth-order valence-electron chi connectivity index (χ4n) is 2.63. The van der Waals surface area contributed by atoms with E-state index in [1.807, 2.05) is 52.9 Å². The summed E-state index contributed by atoms with van der Waals surface area (Å²) in [5, 5.41) is 13.8. The van der Waals surface area contributed by atoms with E-state index >= 15 is 0 Å². The normalized spacial score (nSPS) is 19.2. The third-order valence-corrected chi connectivity index (χ3v) is 4.84. The molecule has 2 atom stereocenters. The average Bonchev–Trinajstić information content (AvgIpc) is 3.39. The van der Waals surface area contributed by atoms with Crippen LogP contribution in [0.3, 0.4) is 0 Å². The number of rotatable bonds is 5. The molecule has 6 heteroatoms. The molecule has 1 amide bonds. The molecule has 0 saturated heterocycles. The number of phenols is 1. The third kappa shape index (κ3) is 3.69. The van der Waals surface area contributed by atoms with E-state index in [-0.39, 0.29) is 23.5 Å². The van der Waals surface area contributed by atoms with E-state index in [1.54, 1.807) is 18.3 Å². The average molecular weight is 436 g/mol. The van der Waals surface area contributed by atoms with E-state index in [2.05, 4.69) is 10.5 Å². The van der Waals surface area contributed by atoms with Gasteiger partial charge in [-0.05, 0) is 58.2 Å². The number of nitrogens with one attached hydrogen (secondary N) is 1. The first-order chi connectivity index (χ1) is 11.6. The van der Waals surface area contributed by atoms with E-state index in [0.29, 0.717) is 9.32 Å². The lowest BCUT2D eigenvalue weighted by Gasteiger charge is -2.06. The van der Waals surface area contributed by atoms with Gasteiger partial charge in [-0.1, -0.05) is 30.3 Å². The summed E-state index contributed by atoms with van der Waals surface area (Å²) in [4.78, 5) is 12.1. The van der Waals surface area contributed by atoms with Crippen molar-refractivity contribution in [3.63, 3.8) is 0 Å². The topological polar surface area (TPSA) is 70.9 Å². The van der Waals surface area contributed by atoms with Gasteiger partial charge in [0, 0.05) is 5.92 Å². The van der Waals surface area contributed by atoms with Gasteiger partial charge in [0.1, 0.15) is 0 Å². The highest BCUT2D eigenvalue weighted by Crippen LogP contribution is 2.47. The number of benzene rings is 2. The SMILES string of the molecule is COc1cc(C=NNC(=O)C2CC2c2ccccc2)cc(I)c1O. The van der Waals surface area contributed by atoms with Crippen LogP contribution in [0.25, 0.3) is 0 Å². The van der Waals surface area contributed by atoms with Crippen LogP contribution in [0.15, 0.2) is 47.6 Å². The van der Waals surface area contributed by atoms with Crippen molar-refractivity contribution in [1.82, 2.24) is 5.43 Å². The number of aromatic hydroxyl groups is 1. The lowest BCUT2D eigenvalue weighted by Crippen LogP contribution is -2.20. The minimum absolute atomic E-state index is 0.0148. The Bertz CT molecular complexity index is 777. The van der Waals surface area contributed by atoms with Crippen molar-refractivity contribution in [2.24, 2.45) is 11.0 Å². The Morgan fingerprint density at radius 3 is 2.83 bits per heavy atom. The Morgan fingerprint density at radius 1 is 1.38 bits per heavy atom. The van der Waals surface area contributed by atoms with Gasteiger partial charge in [0.05, 0.1) is 16.9 Å². The van der Waals surface area contributed by atoms with Crippen LogP contribution in [0.1, 0.15) is 23.5 Å². The molecule has 5 nitrogen and oxygen atoms in total. The molecule has 1 aliphatic rings. The van der Waals surface area contributed by atoms with E-state index in [4.69, 9.17) is 4.74 Å². The molecule has 0 radical (unpaired) electrons. The molecule has 3 rings (SSSR count). The van der Waals surface area contributed by atoms with Crippen molar-refractivity contribution >= 4 is 34.7 Å².